The molecule has 1 unspecified atom stereocenters. The van der Waals surface area contributed by atoms with Gasteiger partial charge in [0.1, 0.15) is 5.75 Å². The summed E-state index contributed by atoms with van der Waals surface area (Å²) in [5.74, 6) is -0.925. The molecule has 1 heterocycles. The molecule has 1 aliphatic carbocycles. The number of carbonyl (C=O) groups excluding carboxylic acids is 1. The Balaban J connectivity index is 2.17. The van der Waals surface area contributed by atoms with Crippen molar-refractivity contribution in [2.45, 2.75) is 5.60 Å². The summed E-state index contributed by atoms with van der Waals surface area (Å²) in [6.07, 6.45) is 1.40. The maximum Gasteiger partial charge on any atom is 0.266 e. The van der Waals surface area contributed by atoms with Gasteiger partial charge in [-0.25, -0.2) is 0 Å². The van der Waals surface area contributed by atoms with E-state index in [1.807, 2.05) is 5.16 Å². The van der Waals surface area contributed by atoms with Crippen molar-refractivity contribution in [3.8, 4) is 5.75 Å². The maximum absolute atomic E-state index is 11.0. The van der Waals surface area contributed by atoms with Gasteiger partial charge < -0.3 is 14.6 Å². The molecule has 0 saturated carbocycles. The smallest absolute Gasteiger partial charge is 0.266 e. The number of fused-ring (bicyclic) bond motifs is 2. The van der Waals surface area contributed by atoms with Crippen molar-refractivity contribution in [1.29, 1.82) is 0 Å². The topological polar surface area (TPSA) is 83.6 Å². The van der Waals surface area contributed by atoms with E-state index in [1.54, 1.807) is 24.3 Å². The van der Waals surface area contributed by atoms with Crippen molar-refractivity contribution in [3.63, 3.8) is 0 Å². The van der Waals surface area contributed by atoms with Gasteiger partial charge in [0, 0.05) is 0 Å². The highest BCUT2D eigenvalue weighted by atomic mass is 16.5. The first-order chi connectivity index (χ1) is 7.69. The number of carbonyl (C=O) groups is 1. The third-order valence-corrected chi connectivity index (χ3v) is 2.78. The zero-order chi connectivity index (χ0) is 11.3. The van der Waals surface area contributed by atoms with Crippen LogP contribution in [0.15, 0.2) is 35.9 Å². The highest BCUT2D eigenvalue weighted by Gasteiger charge is 2.57. The summed E-state index contributed by atoms with van der Waals surface area (Å²) in [5, 5.41) is 22.0. The first-order valence-electron chi connectivity index (χ1n) is 4.69. The van der Waals surface area contributed by atoms with Crippen LogP contribution < -0.4 is 15.0 Å². The molecule has 1 aromatic rings. The second-order valence-corrected chi connectivity index (χ2v) is 3.67. The molecule has 0 fully saturated rings. The molecule has 3 rings (SSSR count). The van der Waals surface area contributed by atoms with Crippen LogP contribution in [0.5, 0.6) is 5.75 Å². The van der Waals surface area contributed by atoms with Crippen LogP contribution in [0.3, 0.4) is 0 Å². The molecule has 80 valence electrons. The van der Waals surface area contributed by atoms with Crippen molar-refractivity contribution in [2.24, 2.45) is 0 Å². The summed E-state index contributed by atoms with van der Waals surface area (Å²) in [6, 6.07) is 6.87. The Morgan fingerprint density at radius 1 is 1.44 bits per heavy atom. The molecule has 1 aliphatic heterocycles. The van der Waals surface area contributed by atoms with Crippen molar-refractivity contribution >= 4 is 11.7 Å². The summed E-state index contributed by atoms with van der Waals surface area (Å²) in [5.41, 5.74) is -0.121. The Morgan fingerprint density at radius 3 is 2.88 bits per heavy atom. The van der Waals surface area contributed by atoms with Gasteiger partial charge >= 0.3 is 0 Å². The largest absolute Gasteiger partial charge is 0.545 e. The predicted octanol–water partition coefficient (Wildman–Crippen LogP) is -2.23. The Morgan fingerprint density at radius 2 is 2.19 bits per heavy atom. The zero-order valence-corrected chi connectivity index (χ0v) is 8.06. The normalized spacial score (nSPS) is 27.5. The average Bonchev–Trinajstić information content (AvgIpc) is 3.00. The minimum atomic E-state index is -1.50. The molecule has 0 spiro atoms. The van der Waals surface area contributed by atoms with Crippen LogP contribution in [0, 0.1) is 0 Å². The first kappa shape index (κ1) is 8.96. The van der Waals surface area contributed by atoms with E-state index in [-0.39, 0.29) is 0 Å². The number of benzene rings is 1. The second-order valence-electron chi connectivity index (χ2n) is 3.67. The van der Waals surface area contributed by atoms with Crippen LogP contribution >= 0.6 is 0 Å². The highest BCUT2D eigenvalue weighted by Crippen LogP contribution is 2.46. The molecule has 16 heavy (non-hydrogen) atoms. The lowest BCUT2D eigenvalue weighted by molar-refractivity contribution is -0.736. The molecule has 0 bridgehead atoms. The molecule has 0 saturated heterocycles. The summed E-state index contributed by atoms with van der Waals surface area (Å²) in [6.45, 7) is 0. The van der Waals surface area contributed by atoms with E-state index in [0.717, 1.165) is 0 Å². The monoisotopic (exact) mass is 217 g/mol. The van der Waals surface area contributed by atoms with Crippen LogP contribution in [-0.2, 0) is 4.79 Å². The van der Waals surface area contributed by atoms with Crippen LogP contribution in [0.25, 0.3) is 0 Å². The number of carboxylic acids is 1. The third kappa shape index (κ3) is 0.894. The van der Waals surface area contributed by atoms with E-state index in [0.29, 0.717) is 22.6 Å². The highest BCUT2D eigenvalue weighted by molar-refractivity contribution is 6.22. The maximum atomic E-state index is 11.0. The van der Waals surface area contributed by atoms with Gasteiger partial charge in [0.25, 0.3) is 5.71 Å². The number of para-hydroxylation sites is 1. The van der Waals surface area contributed by atoms with Crippen molar-refractivity contribution in [2.75, 3.05) is 0 Å². The number of ether oxygens (including phenoxy) is 1. The Labute approximate surface area is 90.3 Å². The van der Waals surface area contributed by atoms with Crippen LogP contribution in [0.1, 0.15) is 5.56 Å². The van der Waals surface area contributed by atoms with Crippen molar-refractivity contribution in [3.05, 3.63) is 41.5 Å². The van der Waals surface area contributed by atoms with E-state index in [9.17, 15) is 9.90 Å². The summed E-state index contributed by atoms with van der Waals surface area (Å²) in [7, 11) is 0. The van der Waals surface area contributed by atoms with Crippen LogP contribution in [0.4, 0.5) is 0 Å². The van der Waals surface area contributed by atoms with Gasteiger partial charge in [-0.3, -0.25) is 5.21 Å². The van der Waals surface area contributed by atoms with Crippen molar-refractivity contribution in [1.82, 2.24) is 0 Å². The lowest BCUT2D eigenvalue weighted by Crippen LogP contribution is -2.70. The molecule has 0 aromatic heterocycles. The fourth-order valence-corrected chi connectivity index (χ4v) is 1.92. The fourth-order valence-electron chi connectivity index (χ4n) is 1.92. The molecular weight excluding hydrogens is 210 g/mol. The third-order valence-electron chi connectivity index (χ3n) is 2.78. The summed E-state index contributed by atoms with van der Waals surface area (Å²) < 4.78 is 5.36. The molecule has 2 N–H and O–H groups in total. The molecule has 1 aromatic carbocycles. The number of rotatable bonds is 1. The Bertz CT molecular complexity index is 561. The molecule has 1 atom stereocenters. The number of aliphatic carboxylic acids is 1. The number of hydrogen-bond acceptors (Lipinski definition) is 4. The van der Waals surface area contributed by atoms with E-state index in [2.05, 4.69) is 0 Å². The standard InChI is InChI=1S/C11H7NO4/c13-10(14)11-5-7(11)9(12-15)6-3-1-2-4-8(6)16-11/h1-5,15H,(H,13,14). The number of nitrogens with one attached hydrogen (secondary N) is 1. The predicted molar refractivity (Wildman–Crippen MR) is 49.7 cm³/mol. The molecule has 0 amide bonds. The lowest BCUT2D eigenvalue weighted by Gasteiger charge is -2.25. The Kier molecular flexibility index (Phi) is 1.47. The van der Waals surface area contributed by atoms with E-state index in [1.165, 1.54) is 6.08 Å². The van der Waals surface area contributed by atoms with Gasteiger partial charge in [-0.2, -0.15) is 0 Å². The molecule has 5 nitrogen and oxygen atoms in total. The molecule has 0 radical (unpaired) electrons. The number of hydrogen-bond donors (Lipinski definition) is 2. The lowest BCUT2D eigenvalue weighted by atomic mass is 10.00. The zero-order valence-electron chi connectivity index (χ0n) is 8.06. The second kappa shape index (κ2) is 2.63. The van der Waals surface area contributed by atoms with E-state index < -0.39 is 11.6 Å². The van der Waals surface area contributed by atoms with Gasteiger partial charge in [-0.05, 0) is 23.4 Å². The summed E-state index contributed by atoms with van der Waals surface area (Å²) in [4.78, 5) is 11.0. The van der Waals surface area contributed by atoms with E-state index >= 15 is 0 Å². The van der Waals surface area contributed by atoms with E-state index in [4.69, 9.17) is 9.94 Å². The quantitative estimate of drug-likeness (QED) is 0.412. The molecule has 2 aliphatic rings. The molecular formula is C11H7NO4. The average molecular weight is 217 g/mol. The fraction of sp³-hybridized carbons (Fsp3) is 0.0909. The van der Waals surface area contributed by atoms with Crippen LogP contribution in [-0.4, -0.2) is 22.5 Å². The SMILES string of the molecule is O=C([O-])C12C=C1C(=[NH+]O)c1ccccc1O2. The van der Waals surface area contributed by atoms with Crippen LogP contribution in [0.2, 0.25) is 0 Å². The van der Waals surface area contributed by atoms with Gasteiger partial charge in [-0.1, -0.05) is 12.1 Å². The minimum Gasteiger partial charge on any atom is -0.545 e. The first-order valence-corrected chi connectivity index (χ1v) is 4.69. The Hall–Kier alpha value is -2.30. The summed E-state index contributed by atoms with van der Waals surface area (Å²) >= 11 is 0. The van der Waals surface area contributed by atoms with Crippen molar-refractivity contribution < 1.29 is 25.0 Å². The van der Waals surface area contributed by atoms with Gasteiger partial charge in [0.05, 0.1) is 17.1 Å². The minimum absolute atomic E-state index is 0.353. The van der Waals surface area contributed by atoms with Gasteiger partial charge in [0.2, 0.25) is 0 Å². The van der Waals surface area contributed by atoms with Gasteiger partial charge in [-0.15, -0.1) is 0 Å². The van der Waals surface area contributed by atoms with Gasteiger partial charge in [0.15, 0.2) is 5.60 Å². The number of carboxylic acid groups (broad SMARTS) is 1. The molecule has 5 heteroatoms.